The number of amides is 1. The Morgan fingerprint density at radius 1 is 0.889 bits per heavy atom. The van der Waals surface area contributed by atoms with E-state index >= 15 is 0 Å². The number of hydrogen-bond acceptors (Lipinski definition) is 6. The average molecular weight is 492 g/mol. The molecule has 0 spiro atoms. The molecular formula is C27H30FN5O3. The summed E-state index contributed by atoms with van der Waals surface area (Å²) in [5, 5.41) is 4.62. The third-order valence-corrected chi connectivity index (χ3v) is 6.74. The van der Waals surface area contributed by atoms with Crippen LogP contribution < -0.4 is 15.4 Å². The van der Waals surface area contributed by atoms with Crippen LogP contribution in [0.15, 0.2) is 65.5 Å². The van der Waals surface area contributed by atoms with Crippen molar-refractivity contribution in [2.45, 2.75) is 13.0 Å². The van der Waals surface area contributed by atoms with Crippen molar-refractivity contribution in [1.82, 2.24) is 14.7 Å². The molecule has 1 amide bonds. The molecule has 3 aromatic rings. The van der Waals surface area contributed by atoms with Gasteiger partial charge in [0.2, 0.25) is 5.91 Å². The number of ether oxygens (including phenoxy) is 1. The third-order valence-electron chi connectivity index (χ3n) is 6.74. The van der Waals surface area contributed by atoms with Crippen molar-refractivity contribution >= 4 is 17.4 Å². The highest BCUT2D eigenvalue weighted by atomic mass is 19.1. The van der Waals surface area contributed by atoms with Crippen LogP contribution >= 0.6 is 0 Å². The molecule has 3 heterocycles. The number of piperazine rings is 1. The van der Waals surface area contributed by atoms with Gasteiger partial charge in [-0.15, -0.1) is 0 Å². The molecule has 0 aliphatic carbocycles. The van der Waals surface area contributed by atoms with Gasteiger partial charge in [-0.1, -0.05) is 30.3 Å². The van der Waals surface area contributed by atoms with Crippen LogP contribution in [0.1, 0.15) is 6.42 Å². The minimum atomic E-state index is -0.260. The van der Waals surface area contributed by atoms with E-state index in [0.29, 0.717) is 58.0 Å². The van der Waals surface area contributed by atoms with Crippen molar-refractivity contribution in [3.8, 4) is 11.1 Å². The molecule has 0 N–H and O–H groups in total. The van der Waals surface area contributed by atoms with Gasteiger partial charge in [0.25, 0.3) is 5.56 Å². The summed E-state index contributed by atoms with van der Waals surface area (Å²) in [6, 6.07) is 17.8. The summed E-state index contributed by atoms with van der Waals surface area (Å²) in [5.74, 6) is 0.460. The van der Waals surface area contributed by atoms with Crippen LogP contribution in [0.5, 0.6) is 0 Å². The zero-order valence-corrected chi connectivity index (χ0v) is 20.2. The number of carbonyl (C=O) groups is 1. The molecule has 5 rings (SSSR count). The SMILES string of the molecule is O=C(CCn1nc(N2CCOCC2)cc(-c2ccccc2)c1=O)N1CCN(c2ccc(F)cc2)CC1. The lowest BCUT2D eigenvalue weighted by Crippen LogP contribution is -2.49. The van der Waals surface area contributed by atoms with E-state index in [2.05, 4.69) is 14.9 Å². The van der Waals surface area contributed by atoms with E-state index in [1.807, 2.05) is 41.3 Å². The van der Waals surface area contributed by atoms with Gasteiger partial charge in [-0.3, -0.25) is 9.59 Å². The summed E-state index contributed by atoms with van der Waals surface area (Å²) < 4.78 is 20.1. The molecular weight excluding hydrogens is 461 g/mol. The number of anilines is 2. The molecule has 1 aromatic heterocycles. The lowest BCUT2D eigenvalue weighted by molar-refractivity contribution is -0.131. The van der Waals surface area contributed by atoms with Gasteiger partial charge in [0, 0.05) is 51.4 Å². The predicted molar refractivity (Wildman–Crippen MR) is 137 cm³/mol. The van der Waals surface area contributed by atoms with E-state index in [9.17, 15) is 14.0 Å². The minimum absolute atomic E-state index is 0.000456. The Morgan fingerprint density at radius 3 is 2.28 bits per heavy atom. The monoisotopic (exact) mass is 491 g/mol. The molecule has 2 aromatic carbocycles. The Kier molecular flexibility index (Phi) is 7.27. The number of morpholine rings is 1. The second-order valence-corrected chi connectivity index (χ2v) is 9.00. The highest BCUT2D eigenvalue weighted by Crippen LogP contribution is 2.21. The topological polar surface area (TPSA) is 70.9 Å². The molecule has 0 saturated carbocycles. The molecule has 2 saturated heterocycles. The first-order valence-electron chi connectivity index (χ1n) is 12.4. The maximum Gasteiger partial charge on any atom is 0.274 e. The van der Waals surface area contributed by atoms with Crippen LogP contribution in [0, 0.1) is 5.82 Å². The molecule has 9 heteroatoms. The standard InChI is InChI=1S/C27H30FN5O3/c28-22-6-8-23(9-7-22)30-12-14-32(15-13-30)26(34)10-11-33-27(35)24(21-4-2-1-3-5-21)20-25(29-33)31-16-18-36-19-17-31/h1-9,20H,10-19H2. The van der Waals surface area contributed by atoms with E-state index in [1.165, 1.54) is 16.8 Å². The highest BCUT2D eigenvalue weighted by Gasteiger charge is 2.22. The molecule has 0 atom stereocenters. The van der Waals surface area contributed by atoms with Crippen LogP contribution in [-0.4, -0.2) is 73.1 Å². The minimum Gasteiger partial charge on any atom is -0.378 e. The summed E-state index contributed by atoms with van der Waals surface area (Å²) in [5.41, 5.74) is 2.16. The summed E-state index contributed by atoms with van der Waals surface area (Å²) in [7, 11) is 0. The van der Waals surface area contributed by atoms with Gasteiger partial charge in [0.15, 0.2) is 0 Å². The van der Waals surface area contributed by atoms with E-state index in [0.717, 1.165) is 17.1 Å². The third kappa shape index (κ3) is 5.41. The molecule has 2 aliphatic rings. The largest absolute Gasteiger partial charge is 0.378 e. The maximum atomic E-state index is 13.3. The van der Waals surface area contributed by atoms with Gasteiger partial charge in [0.05, 0.1) is 25.3 Å². The first kappa shape index (κ1) is 24.0. The fourth-order valence-corrected chi connectivity index (χ4v) is 4.68. The Bertz CT molecular complexity index is 1230. The van der Waals surface area contributed by atoms with E-state index in [4.69, 9.17) is 4.74 Å². The molecule has 2 fully saturated rings. The summed E-state index contributed by atoms with van der Waals surface area (Å²) in [6.45, 7) is 5.39. The Morgan fingerprint density at radius 2 is 1.58 bits per heavy atom. The van der Waals surface area contributed by atoms with E-state index < -0.39 is 0 Å². The zero-order chi connectivity index (χ0) is 24.9. The van der Waals surface area contributed by atoms with E-state index in [1.54, 1.807) is 12.1 Å². The van der Waals surface area contributed by atoms with Crippen LogP contribution in [-0.2, 0) is 16.1 Å². The van der Waals surface area contributed by atoms with E-state index in [-0.39, 0.29) is 30.2 Å². The molecule has 8 nitrogen and oxygen atoms in total. The van der Waals surface area contributed by atoms with Crippen molar-refractivity contribution in [3.63, 3.8) is 0 Å². The highest BCUT2D eigenvalue weighted by molar-refractivity contribution is 5.76. The van der Waals surface area contributed by atoms with Gasteiger partial charge in [0.1, 0.15) is 11.6 Å². The first-order chi connectivity index (χ1) is 17.6. The average Bonchev–Trinajstić information content (AvgIpc) is 2.94. The second-order valence-electron chi connectivity index (χ2n) is 9.00. The van der Waals surface area contributed by atoms with Crippen molar-refractivity contribution < 1.29 is 13.9 Å². The fourth-order valence-electron chi connectivity index (χ4n) is 4.68. The quantitative estimate of drug-likeness (QED) is 0.528. The Hall–Kier alpha value is -3.72. The van der Waals surface area contributed by atoms with Gasteiger partial charge >= 0.3 is 0 Å². The van der Waals surface area contributed by atoms with Gasteiger partial charge in [-0.25, -0.2) is 9.07 Å². The van der Waals surface area contributed by atoms with Crippen molar-refractivity contribution in [3.05, 3.63) is 76.8 Å². The van der Waals surface area contributed by atoms with Crippen LogP contribution in [0.25, 0.3) is 11.1 Å². The first-order valence-corrected chi connectivity index (χ1v) is 12.4. The number of carbonyl (C=O) groups excluding carboxylic acids is 1. The number of benzene rings is 2. The smallest absolute Gasteiger partial charge is 0.274 e. The number of halogens is 1. The van der Waals surface area contributed by atoms with Crippen molar-refractivity contribution in [2.75, 3.05) is 62.3 Å². The second kappa shape index (κ2) is 10.9. The van der Waals surface area contributed by atoms with Crippen LogP contribution in [0.2, 0.25) is 0 Å². The molecule has 0 radical (unpaired) electrons. The number of aryl methyl sites for hydroxylation is 1. The van der Waals surface area contributed by atoms with Crippen LogP contribution in [0.4, 0.5) is 15.9 Å². The summed E-state index contributed by atoms with van der Waals surface area (Å²) >= 11 is 0. The predicted octanol–water partition coefficient (Wildman–Crippen LogP) is 2.62. The van der Waals surface area contributed by atoms with Gasteiger partial charge in [-0.2, -0.15) is 5.10 Å². The maximum absolute atomic E-state index is 13.3. The lowest BCUT2D eigenvalue weighted by atomic mass is 10.1. The van der Waals surface area contributed by atoms with Crippen molar-refractivity contribution in [2.24, 2.45) is 0 Å². The van der Waals surface area contributed by atoms with Gasteiger partial charge < -0.3 is 19.4 Å². The number of aromatic nitrogens is 2. The molecule has 188 valence electrons. The molecule has 2 aliphatic heterocycles. The molecule has 0 unspecified atom stereocenters. The number of hydrogen-bond donors (Lipinski definition) is 0. The lowest BCUT2D eigenvalue weighted by Gasteiger charge is -2.36. The number of nitrogens with zero attached hydrogens (tertiary/aromatic N) is 5. The summed E-state index contributed by atoms with van der Waals surface area (Å²) in [4.78, 5) is 32.4. The number of rotatable bonds is 6. The Balaban J connectivity index is 1.28. The fraction of sp³-hybridized carbons (Fsp3) is 0.370. The Labute approximate surface area is 209 Å². The molecule has 36 heavy (non-hydrogen) atoms. The summed E-state index contributed by atoms with van der Waals surface area (Å²) in [6.07, 6.45) is 0.199. The normalized spacial score (nSPS) is 16.3. The zero-order valence-electron chi connectivity index (χ0n) is 20.2. The van der Waals surface area contributed by atoms with Gasteiger partial charge in [-0.05, 0) is 35.9 Å². The van der Waals surface area contributed by atoms with Crippen LogP contribution in [0.3, 0.4) is 0 Å². The molecule has 0 bridgehead atoms. The van der Waals surface area contributed by atoms with Crippen molar-refractivity contribution in [1.29, 1.82) is 0 Å².